The van der Waals surface area contributed by atoms with E-state index in [-0.39, 0.29) is 39.3 Å². The predicted octanol–water partition coefficient (Wildman–Crippen LogP) is 2.41. The van der Waals surface area contributed by atoms with Crippen LogP contribution in [0.1, 0.15) is 63.0 Å². The van der Waals surface area contributed by atoms with Gasteiger partial charge in [0.1, 0.15) is 5.60 Å². The van der Waals surface area contributed by atoms with Crippen molar-refractivity contribution < 1.29 is 23.9 Å². The molecule has 1 aliphatic carbocycles. The molecule has 1 aliphatic rings. The van der Waals surface area contributed by atoms with Gasteiger partial charge in [0.25, 0.3) is 5.91 Å². The van der Waals surface area contributed by atoms with Gasteiger partial charge in [-0.25, -0.2) is 10.6 Å². The highest BCUT2D eigenvalue weighted by Gasteiger charge is 2.35. The van der Waals surface area contributed by atoms with Crippen LogP contribution in [-0.2, 0) is 4.74 Å². The Labute approximate surface area is 161 Å². The highest BCUT2D eigenvalue weighted by Crippen LogP contribution is 2.33. The summed E-state index contributed by atoms with van der Waals surface area (Å²) >= 11 is 0. The Balaban J connectivity index is 2.15. The molecule has 0 unspecified atom stereocenters. The molecule has 0 bridgehead atoms. The van der Waals surface area contributed by atoms with E-state index in [1.54, 1.807) is 39.0 Å². The lowest BCUT2D eigenvalue weighted by Crippen LogP contribution is -2.35. The minimum absolute atomic E-state index is 0.0106. The number of hydrazine groups is 1. The number of carbonyl (C=O) groups is 4. The van der Waals surface area contributed by atoms with Crippen LogP contribution >= 0.6 is 0 Å². The van der Waals surface area contributed by atoms with Gasteiger partial charge in [0.15, 0.2) is 11.6 Å². The van der Waals surface area contributed by atoms with Crippen LogP contribution in [0.3, 0.4) is 0 Å². The zero-order valence-electron chi connectivity index (χ0n) is 15.6. The number of fused-ring (bicyclic) bond motifs is 2. The summed E-state index contributed by atoms with van der Waals surface area (Å²) in [5, 5.41) is 2.45. The van der Waals surface area contributed by atoms with Crippen molar-refractivity contribution in [3.05, 3.63) is 64.2 Å². The van der Waals surface area contributed by atoms with Crippen LogP contribution in [0.25, 0.3) is 0 Å². The number of ketones is 2. The van der Waals surface area contributed by atoms with Crippen molar-refractivity contribution in [3.8, 4) is 0 Å². The summed E-state index contributed by atoms with van der Waals surface area (Å²) in [6, 6.07) is 9.10. The Morgan fingerprint density at radius 2 is 1.54 bits per heavy atom. The number of amides is 2. The smallest absolute Gasteiger partial charge is 0.412 e. The monoisotopic (exact) mass is 381 g/mol. The molecule has 0 radical (unpaired) electrons. The molecule has 0 saturated carbocycles. The number of nitrogens with two attached hydrogens (primary N) is 1. The van der Waals surface area contributed by atoms with Crippen LogP contribution < -0.4 is 16.6 Å². The van der Waals surface area contributed by atoms with E-state index in [1.165, 1.54) is 18.2 Å². The number of nitrogen functional groups attached to an aromatic ring is 1. The van der Waals surface area contributed by atoms with Crippen molar-refractivity contribution in [1.29, 1.82) is 0 Å². The second kappa shape index (κ2) is 6.90. The number of carbonyl (C=O) groups excluding carboxylic acids is 4. The van der Waals surface area contributed by atoms with Gasteiger partial charge in [-0.05, 0) is 32.9 Å². The number of benzene rings is 2. The average Bonchev–Trinajstić information content (AvgIpc) is 2.63. The van der Waals surface area contributed by atoms with Crippen molar-refractivity contribution in [3.63, 3.8) is 0 Å². The van der Waals surface area contributed by atoms with Crippen molar-refractivity contribution in [2.45, 2.75) is 26.4 Å². The zero-order valence-corrected chi connectivity index (χ0v) is 15.6. The fourth-order valence-corrected chi connectivity index (χ4v) is 3.01. The predicted molar refractivity (Wildman–Crippen MR) is 101 cm³/mol. The highest BCUT2D eigenvalue weighted by molar-refractivity contribution is 6.31. The summed E-state index contributed by atoms with van der Waals surface area (Å²) in [6.45, 7) is 5.06. The molecule has 28 heavy (non-hydrogen) atoms. The summed E-state index contributed by atoms with van der Waals surface area (Å²) in [7, 11) is 0. The molecule has 0 saturated heterocycles. The van der Waals surface area contributed by atoms with E-state index in [0.29, 0.717) is 0 Å². The van der Waals surface area contributed by atoms with E-state index >= 15 is 0 Å². The first-order chi connectivity index (χ1) is 13.1. The lowest BCUT2D eigenvalue weighted by molar-refractivity contribution is 0.0635. The van der Waals surface area contributed by atoms with Crippen molar-refractivity contribution in [2.24, 2.45) is 5.84 Å². The third-order valence-corrected chi connectivity index (χ3v) is 4.09. The van der Waals surface area contributed by atoms with Crippen LogP contribution in [-0.4, -0.2) is 29.2 Å². The lowest BCUT2D eigenvalue weighted by Gasteiger charge is -2.23. The summed E-state index contributed by atoms with van der Waals surface area (Å²) in [6.07, 6.45) is -0.812. The van der Waals surface area contributed by atoms with Gasteiger partial charge in [-0.15, -0.1) is 0 Å². The second-order valence-corrected chi connectivity index (χ2v) is 7.21. The minimum Gasteiger partial charge on any atom is -0.444 e. The van der Waals surface area contributed by atoms with Gasteiger partial charge in [-0.2, -0.15) is 0 Å². The number of rotatable bonds is 2. The Morgan fingerprint density at radius 3 is 2.11 bits per heavy atom. The SMILES string of the molecule is CC(C)(C)OC(=O)Nc1ccc2c(c1C(=O)NN)C(=O)c1ccccc1C2=O. The summed E-state index contributed by atoms with van der Waals surface area (Å²) in [5.74, 6) is 3.57. The molecule has 0 fully saturated rings. The maximum absolute atomic E-state index is 13.0. The van der Waals surface area contributed by atoms with Crippen LogP contribution in [0.4, 0.5) is 10.5 Å². The summed E-state index contributed by atoms with van der Waals surface area (Å²) < 4.78 is 5.19. The molecule has 144 valence electrons. The molecule has 8 heteroatoms. The van der Waals surface area contributed by atoms with Crippen LogP contribution in [0, 0.1) is 0 Å². The number of hydrogen-bond acceptors (Lipinski definition) is 6. The molecule has 0 aromatic heterocycles. The first-order valence-corrected chi connectivity index (χ1v) is 8.50. The molecular formula is C20H19N3O5. The number of hydrogen-bond donors (Lipinski definition) is 3. The zero-order chi connectivity index (χ0) is 20.6. The Hall–Kier alpha value is -3.52. The van der Waals surface area contributed by atoms with E-state index in [4.69, 9.17) is 10.6 Å². The van der Waals surface area contributed by atoms with Crippen LogP contribution in [0.15, 0.2) is 36.4 Å². The quantitative estimate of drug-likeness (QED) is 0.355. The molecule has 3 rings (SSSR count). The van der Waals surface area contributed by atoms with Gasteiger partial charge in [0.05, 0.1) is 11.3 Å². The van der Waals surface area contributed by atoms with Gasteiger partial charge in [0.2, 0.25) is 0 Å². The van der Waals surface area contributed by atoms with Crippen molar-refractivity contribution in [1.82, 2.24) is 5.43 Å². The van der Waals surface area contributed by atoms with Crippen LogP contribution in [0.5, 0.6) is 0 Å². The number of nitrogens with one attached hydrogen (secondary N) is 2. The normalized spacial score (nSPS) is 12.7. The molecule has 8 nitrogen and oxygen atoms in total. The third kappa shape index (κ3) is 3.37. The second-order valence-electron chi connectivity index (χ2n) is 7.21. The van der Waals surface area contributed by atoms with E-state index in [2.05, 4.69) is 5.32 Å². The topological polar surface area (TPSA) is 128 Å². The van der Waals surface area contributed by atoms with Gasteiger partial charge in [-0.3, -0.25) is 25.1 Å². The van der Waals surface area contributed by atoms with Crippen molar-refractivity contribution in [2.75, 3.05) is 5.32 Å². The molecule has 2 aromatic carbocycles. The number of ether oxygens (including phenoxy) is 1. The van der Waals surface area contributed by atoms with Gasteiger partial charge in [0, 0.05) is 22.3 Å². The summed E-state index contributed by atoms with van der Waals surface area (Å²) in [5.41, 5.74) is 1.40. The Bertz CT molecular complexity index is 1020. The fourth-order valence-electron chi connectivity index (χ4n) is 3.01. The molecule has 0 aliphatic heterocycles. The largest absolute Gasteiger partial charge is 0.444 e. The Kier molecular flexibility index (Phi) is 4.74. The standard InChI is InChI=1S/C20H19N3O5/c1-20(2,3)28-19(27)22-13-9-8-12-14(15(13)18(26)23-21)17(25)11-7-5-4-6-10(11)16(12)24/h4-9H,21H2,1-3H3,(H,22,27)(H,23,26). The lowest BCUT2D eigenvalue weighted by atomic mass is 9.81. The van der Waals surface area contributed by atoms with Crippen molar-refractivity contribution >= 4 is 29.3 Å². The molecule has 2 aromatic rings. The maximum atomic E-state index is 13.0. The molecular weight excluding hydrogens is 362 g/mol. The van der Waals surface area contributed by atoms with Gasteiger partial charge >= 0.3 is 6.09 Å². The third-order valence-electron chi connectivity index (χ3n) is 4.09. The Morgan fingerprint density at radius 1 is 0.929 bits per heavy atom. The van der Waals surface area contributed by atoms with Gasteiger partial charge in [-0.1, -0.05) is 24.3 Å². The first-order valence-electron chi connectivity index (χ1n) is 8.50. The minimum atomic E-state index is -0.816. The molecule has 4 N–H and O–H groups in total. The van der Waals surface area contributed by atoms with Gasteiger partial charge < -0.3 is 4.74 Å². The first kappa shape index (κ1) is 19.2. The molecule has 0 heterocycles. The highest BCUT2D eigenvalue weighted by atomic mass is 16.6. The fraction of sp³-hybridized carbons (Fsp3) is 0.200. The van der Waals surface area contributed by atoms with E-state index in [1.807, 2.05) is 5.43 Å². The van der Waals surface area contributed by atoms with E-state index in [0.717, 1.165) is 0 Å². The average molecular weight is 381 g/mol. The van der Waals surface area contributed by atoms with E-state index < -0.39 is 23.4 Å². The van der Waals surface area contributed by atoms with Crippen LogP contribution in [0.2, 0.25) is 0 Å². The molecule has 0 spiro atoms. The number of anilines is 1. The molecule has 0 atom stereocenters. The van der Waals surface area contributed by atoms with E-state index in [9.17, 15) is 19.2 Å². The maximum Gasteiger partial charge on any atom is 0.412 e. The summed E-state index contributed by atoms with van der Waals surface area (Å²) in [4.78, 5) is 50.5. The molecule has 2 amide bonds.